The van der Waals surface area contributed by atoms with Gasteiger partial charge in [0.2, 0.25) is 0 Å². The topological polar surface area (TPSA) is 80.8 Å². The SMILES string of the molecule is N#Cc1cccc(OCCSc2nc3ccccc3c(=O)n2Cc2cccnc2)c1. The maximum atomic E-state index is 13.1. The van der Waals surface area contributed by atoms with Crippen LogP contribution in [0.25, 0.3) is 10.9 Å². The predicted molar refractivity (Wildman–Crippen MR) is 117 cm³/mol. The molecule has 30 heavy (non-hydrogen) atoms. The van der Waals surface area contributed by atoms with Crippen molar-refractivity contribution in [3.63, 3.8) is 0 Å². The predicted octanol–water partition coefficient (Wildman–Crippen LogP) is 3.88. The van der Waals surface area contributed by atoms with Crippen LogP contribution in [0.4, 0.5) is 0 Å². The number of aromatic nitrogens is 3. The number of rotatable bonds is 7. The van der Waals surface area contributed by atoms with Crippen molar-refractivity contribution in [1.82, 2.24) is 14.5 Å². The molecule has 6 nitrogen and oxygen atoms in total. The van der Waals surface area contributed by atoms with E-state index in [1.165, 1.54) is 11.8 Å². The molecule has 0 aliphatic rings. The van der Waals surface area contributed by atoms with Gasteiger partial charge in [0.1, 0.15) is 5.75 Å². The van der Waals surface area contributed by atoms with Crippen LogP contribution in [-0.4, -0.2) is 26.9 Å². The second-order valence-electron chi connectivity index (χ2n) is 6.50. The monoisotopic (exact) mass is 414 g/mol. The summed E-state index contributed by atoms with van der Waals surface area (Å²) in [5, 5.41) is 10.2. The van der Waals surface area contributed by atoms with Crippen LogP contribution in [0.2, 0.25) is 0 Å². The smallest absolute Gasteiger partial charge is 0.262 e. The van der Waals surface area contributed by atoms with Crippen LogP contribution >= 0.6 is 11.8 Å². The molecule has 0 amide bonds. The second-order valence-corrected chi connectivity index (χ2v) is 7.56. The van der Waals surface area contributed by atoms with Crippen molar-refractivity contribution in [1.29, 1.82) is 5.26 Å². The van der Waals surface area contributed by atoms with Crippen molar-refractivity contribution < 1.29 is 4.74 Å². The Morgan fingerprint density at radius 3 is 2.83 bits per heavy atom. The van der Waals surface area contributed by atoms with Crippen molar-refractivity contribution >= 4 is 22.7 Å². The summed E-state index contributed by atoms with van der Waals surface area (Å²) in [6.07, 6.45) is 3.46. The van der Waals surface area contributed by atoms with Gasteiger partial charge in [0, 0.05) is 18.1 Å². The molecule has 0 fully saturated rings. The van der Waals surface area contributed by atoms with E-state index in [1.807, 2.05) is 36.4 Å². The highest BCUT2D eigenvalue weighted by atomic mass is 32.2. The normalized spacial score (nSPS) is 10.6. The van der Waals surface area contributed by atoms with E-state index < -0.39 is 0 Å². The number of para-hydroxylation sites is 1. The molecule has 0 aliphatic heterocycles. The number of hydrogen-bond acceptors (Lipinski definition) is 6. The van der Waals surface area contributed by atoms with E-state index in [4.69, 9.17) is 15.0 Å². The highest BCUT2D eigenvalue weighted by Crippen LogP contribution is 2.20. The maximum Gasteiger partial charge on any atom is 0.262 e. The van der Waals surface area contributed by atoms with Gasteiger partial charge >= 0.3 is 0 Å². The summed E-state index contributed by atoms with van der Waals surface area (Å²) in [4.78, 5) is 22.0. The van der Waals surface area contributed by atoms with Crippen molar-refractivity contribution in [2.24, 2.45) is 0 Å². The Morgan fingerprint density at radius 1 is 1.10 bits per heavy atom. The molecule has 0 N–H and O–H groups in total. The van der Waals surface area contributed by atoms with E-state index >= 15 is 0 Å². The molecule has 2 aromatic carbocycles. The molecule has 0 spiro atoms. The third kappa shape index (κ3) is 4.50. The minimum absolute atomic E-state index is 0.0745. The summed E-state index contributed by atoms with van der Waals surface area (Å²) in [5.74, 6) is 1.25. The Bertz CT molecular complexity index is 1270. The van der Waals surface area contributed by atoms with E-state index in [9.17, 15) is 4.79 Å². The van der Waals surface area contributed by atoms with E-state index in [-0.39, 0.29) is 5.56 Å². The largest absolute Gasteiger partial charge is 0.493 e. The summed E-state index contributed by atoms with van der Waals surface area (Å²) in [6, 6.07) is 20.3. The highest BCUT2D eigenvalue weighted by molar-refractivity contribution is 7.99. The summed E-state index contributed by atoms with van der Waals surface area (Å²) >= 11 is 1.47. The van der Waals surface area contributed by atoms with Crippen molar-refractivity contribution in [2.75, 3.05) is 12.4 Å². The zero-order chi connectivity index (χ0) is 20.8. The summed E-state index contributed by atoms with van der Waals surface area (Å²) < 4.78 is 7.43. The van der Waals surface area contributed by atoms with Gasteiger partial charge in [0.25, 0.3) is 5.56 Å². The van der Waals surface area contributed by atoms with Gasteiger partial charge in [0.05, 0.1) is 35.7 Å². The van der Waals surface area contributed by atoms with Gasteiger partial charge in [0.15, 0.2) is 5.16 Å². The molecule has 0 unspecified atom stereocenters. The average molecular weight is 414 g/mol. The fourth-order valence-electron chi connectivity index (χ4n) is 3.02. The van der Waals surface area contributed by atoms with E-state index in [0.29, 0.717) is 46.3 Å². The van der Waals surface area contributed by atoms with Gasteiger partial charge in [-0.2, -0.15) is 5.26 Å². The van der Waals surface area contributed by atoms with Crippen LogP contribution in [0.5, 0.6) is 5.75 Å². The molecule has 0 bridgehead atoms. The van der Waals surface area contributed by atoms with Gasteiger partial charge < -0.3 is 4.74 Å². The lowest BCUT2D eigenvalue weighted by Crippen LogP contribution is -2.24. The molecular formula is C23H18N4O2S. The van der Waals surface area contributed by atoms with Crippen molar-refractivity contribution in [3.05, 3.63) is 94.5 Å². The van der Waals surface area contributed by atoms with Gasteiger partial charge in [-0.05, 0) is 42.0 Å². The number of benzene rings is 2. The molecule has 0 aliphatic carbocycles. The number of nitrogens with zero attached hydrogens (tertiary/aromatic N) is 4. The Kier molecular flexibility index (Phi) is 6.06. The van der Waals surface area contributed by atoms with E-state index in [0.717, 1.165) is 5.56 Å². The maximum absolute atomic E-state index is 13.1. The standard InChI is InChI=1S/C23H18N4O2S/c24-14-17-5-3-7-19(13-17)29-11-12-30-23-26-21-9-2-1-8-20(21)22(28)27(23)16-18-6-4-10-25-15-18/h1-10,13,15H,11-12,16H2. The molecule has 148 valence electrons. The molecule has 0 saturated carbocycles. The zero-order valence-corrected chi connectivity index (χ0v) is 16.9. The third-order valence-electron chi connectivity index (χ3n) is 4.44. The van der Waals surface area contributed by atoms with E-state index in [2.05, 4.69) is 11.1 Å². The third-order valence-corrected chi connectivity index (χ3v) is 5.38. The lowest BCUT2D eigenvalue weighted by atomic mass is 10.2. The molecule has 4 rings (SSSR count). The molecule has 0 radical (unpaired) electrons. The fraction of sp³-hybridized carbons (Fsp3) is 0.130. The highest BCUT2D eigenvalue weighted by Gasteiger charge is 2.12. The van der Waals surface area contributed by atoms with Crippen LogP contribution < -0.4 is 10.3 Å². The lowest BCUT2D eigenvalue weighted by molar-refractivity contribution is 0.343. The number of hydrogen-bond donors (Lipinski definition) is 0. The van der Waals surface area contributed by atoms with Crippen LogP contribution in [-0.2, 0) is 6.54 Å². The number of pyridine rings is 1. The first-order valence-corrected chi connectivity index (χ1v) is 10.4. The van der Waals surface area contributed by atoms with Gasteiger partial charge in [-0.1, -0.05) is 36.0 Å². The minimum Gasteiger partial charge on any atom is -0.493 e. The Morgan fingerprint density at radius 2 is 2.00 bits per heavy atom. The fourth-order valence-corrected chi connectivity index (χ4v) is 3.83. The number of fused-ring (bicyclic) bond motifs is 1. The Labute approximate surface area is 177 Å². The first-order chi connectivity index (χ1) is 14.7. The molecular weight excluding hydrogens is 396 g/mol. The van der Waals surface area contributed by atoms with Crippen LogP contribution in [0, 0.1) is 11.3 Å². The first kappa shape index (κ1) is 19.7. The first-order valence-electron chi connectivity index (χ1n) is 9.39. The molecule has 4 aromatic rings. The second kappa shape index (κ2) is 9.25. The van der Waals surface area contributed by atoms with Crippen molar-refractivity contribution in [3.8, 4) is 11.8 Å². The van der Waals surface area contributed by atoms with E-state index in [1.54, 1.807) is 41.2 Å². The Hall–Kier alpha value is -3.63. The zero-order valence-electron chi connectivity index (χ0n) is 16.1. The molecule has 2 heterocycles. The molecule has 0 atom stereocenters. The van der Waals surface area contributed by atoms with Crippen LogP contribution in [0.1, 0.15) is 11.1 Å². The number of thioether (sulfide) groups is 1. The van der Waals surface area contributed by atoms with Gasteiger partial charge in [-0.15, -0.1) is 0 Å². The number of ether oxygens (including phenoxy) is 1. The minimum atomic E-state index is -0.0745. The molecule has 7 heteroatoms. The van der Waals surface area contributed by atoms with Crippen LogP contribution in [0.15, 0.2) is 83.0 Å². The lowest BCUT2D eigenvalue weighted by Gasteiger charge is -2.13. The summed E-state index contributed by atoms with van der Waals surface area (Å²) in [7, 11) is 0. The van der Waals surface area contributed by atoms with Gasteiger partial charge in [-0.3, -0.25) is 14.3 Å². The quantitative estimate of drug-likeness (QED) is 0.259. The average Bonchev–Trinajstić information content (AvgIpc) is 2.80. The van der Waals surface area contributed by atoms with Gasteiger partial charge in [-0.25, -0.2) is 4.98 Å². The summed E-state index contributed by atoms with van der Waals surface area (Å²) in [6.45, 7) is 0.826. The Balaban J connectivity index is 1.55. The number of nitriles is 1. The molecule has 2 aromatic heterocycles. The van der Waals surface area contributed by atoms with Crippen molar-refractivity contribution in [2.45, 2.75) is 11.7 Å². The molecule has 0 saturated heterocycles. The summed E-state index contributed by atoms with van der Waals surface area (Å²) in [5.41, 5.74) is 2.09. The van der Waals surface area contributed by atoms with Crippen LogP contribution in [0.3, 0.4) is 0 Å².